The van der Waals surface area contributed by atoms with E-state index in [0.29, 0.717) is 11.1 Å². The predicted molar refractivity (Wildman–Crippen MR) is 63.4 cm³/mol. The molecule has 98 valence electrons. The molecule has 0 unspecified atom stereocenters. The molecular weight excluding hydrogens is 278 g/mol. The van der Waals surface area contributed by atoms with Crippen LogP contribution >= 0.6 is 11.6 Å². The van der Waals surface area contributed by atoms with E-state index in [2.05, 4.69) is 19.4 Å². The van der Waals surface area contributed by atoms with Crippen LogP contribution in [-0.4, -0.2) is 16.3 Å². The number of halogens is 3. The van der Waals surface area contributed by atoms with E-state index in [1.807, 2.05) is 0 Å². The molecule has 1 aliphatic heterocycles. The highest BCUT2D eigenvalue weighted by molar-refractivity contribution is 6.28. The largest absolute Gasteiger partial charge is 0.586 e. The molecule has 3 rings (SSSR count). The summed E-state index contributed by atoms with van der Waals surface area (Å²) in [5.74, 6) is 0.00156. The second kappa shape index (κ2) is 4.03. The van der Waals surface area contributed by atoms with Gasteiger partial charge in [-0.1, -0.05) is 0 Å². The molecule has 1 aliphatic rings. The van der Waals surface area contributed by atoms with Gasteiger partial charge in [0.1, 0.15) is 0 Å². The Morgan fingerprint density at radius 1 is 1.11 bits per heavy atom. The minimum Gasteiger partial charge on any atom is -0.395 e. The van der Waals surface area contributed by atoms with Crippen LogP contribution in [0.25, 0.3) is 11.1 Å². The molecule has 0 bridgehead atoms. The number of hydrogen-bond acceptors (Lipinski definition) is 4. The third-order valence-corrected chi connectivity index (χ3v) is 2.87. The molecule has 7 heteroatoms. The van der Waals surface area contributed by atoms with Crippen LogP contribution in [0.15, 0.2) is 24.5 Å². The van der Waals surface area contributed by atoms with E-state index >= 15 is 0 Å². The number of benzene rings is 1. The van der Waals surface area contributed by atoms with Crippen LogP contribution in [0.2, 0.25) is 5.28 Å². The average Bonchev–Trinajstić information content (AvgIpc) is 2.62. The summed E-state index contributed by atoms with van der Waals surface area (Å²) in [6.45, 7) is 1.77. The van der Waals surface area contributed by atoms with Crippen LogP contribution in [0.1, 0.15) is 5.56 Å². The molecule has 0 spiro atoms. The number of ether oxygens (including phenoxy) is 2. The topological polar surface area (TPSA) is 44.2 Å². The Bertz CT molecular complexity index is 647. The first kappa shape index (κ1) is 12.1. The summed E-state index contributed by atoms with van der Waals surface area (Å²) in [4.78, 5) is 7.71. The number of aryl methyl sites for hydroxylation is 1. The van der Waals surface area contributed by atoms with Crippen LogP contribution in [0.3, 0.4) is 0 Å². The zero-order valence-electron chi connectivity index (χ0n) is 9.65. The van der Waals surface area contributed by atoms with E-state index in [4.69, 9.17) is 11.6 Å². The third kappa shape index (κ3) is 2.19. The Morgan fingerprint density at radius 2 is 1.68 bits per heavy atom. The van der Waals surface area contributed by atoms with Gasteiger partial charge in [0.2, 0.25) is 5.28 Å². The summed E-state index contributed by atoms with van der Waals surface area (Å²) < 4.78 is 34.7. The molecule has 19 heavy (non-hydrogen) atoms. The maximum absolute atomic E-state index is 13.0. The molecule has 0 N–H and O–H groups in total. The van der Waals surface area contributed by atoms with Gasteiger partial charge in [-0.15, -0.1) is 8.78 Å². The molecular formula is C12H7ClF2N2O2. The van der Waals surface area contributed by atoms with Crippen molar-refractivity contribution in [3.8, 4) is 22.6 Å². The van der Waals surface area contributed by atoms with Crippen LogP contribution in [0.5, 0.6) is 11.5 Å². The first-order chi connectivity index (χ1) is 8.94. The summed E-state index contributed by atoms with van der Waals surface area (Å²) in [6.07, 6.45) is -0.597. The minimum absolute atomic E-state index is 0.0134. The SMILES string of the molecule is Cc1cc2c(cc1-c1cnc(Cl)nc1)OC(F)(F)O2. The maximum atomic E-state index is 13.0. The van der Waals surface area contributed by atoms with Gasteiger partial charge < -0.3 is 9.47 Å². The van der Waals surface area contributed by atoms with Gasteiger partial charge in [-0.25, -0.2) is 9.97 Å². The first-order valence-corrected chi connectivity index (χ1v) is 5.71. The predicted octanol–water partition coefficient (Wildman–Crippen LogP) is 3.43. The Morgan fingerprint density at radius 3 is 2.32 bits per heavy atom. The normalized spacial score (nSPS) is 15.6. The highest BCUT2D eigenvalue weighted by Gasteiger charge is 2.43. The molecule has 1 aromatic carbocycles. The number of rotatable bonds is 1. The molecule has 4 nitrogen and oxygen atoms in total. The Balaban J connectivity index is 2.07. The van der Waals surface area contributed by atoms with Crippen molar-refractivity contribution in [3.63, 3.8) is 0 Å². The van der Waals surface area contributed by atoms with Crippen molar-refractivity contribution in [2.24, 2.45) is 0 Å². The smallest absolute Gasteiger partial charge is 0.395 e. The Kier molecular flexibility index (Phi) is 2.56. The maximum Gasteiger partial charge on any atom is 0.586 e. The zero-order chi connectivity index (χ0) is 13.6. The van der Waals surface area contributed by atoms with E-state index in [1.54, 1.807) is 6.92 Å². The molecule has 1 aromatic heterocycles. The monoisotopic (exact) mass is 284 g/mol. The molecule has 0 fully saturated rings. The van der Waals surface area contributed by atoms with Crippen LogP contribution in [-0.2, 0) is 0 Å². The zero-order valence-corrected chi connectivity index (χ0v) is 10.4. The summed E-state index contributed by atoms with van der Waals surface area (Å²) in [5.41, 5.74) is 2.08. The molecule has 2 heterocycles. The molecule has 0 atom stereocenters. The van der Waals surface area contributed by atoms with Gasteiger partial charge in [0, 0.05) is 18.0 Å². The van der Waals surface area contributed by atoms with Crippen molar-refractivity contribution in [1.82, 2.24) is 9.97 Å². The van der Waals surface area contributed by atoms with E-state index in [9.17, 15) is 8.78 Å². The van der Waals surface area contributed by atoms with Crippen molar-refractivity contribution >= 4 is 11.6 Å². The lowest BCUT2D eigenvalue weighted by molar-refractivity contribution is -0.286. The molecule has 0 saturated carbocycles. The van der Waals surface area contributed by atoms with E-state index in [0.717, 1.165) is 5.56 Å². The fraction of sp³-hybridized carbons (Fsp3) is 0.167. The van der Waals surface area contributed by atoms with Gasteiger partial charge in [-0.3, -0.25) is 0 Å². The van der Waals surface area contributed by atoms with Crippen LogP contribution < -0.4 is 9.47 Å². The molecule has 0 radical (unpaired) electrons. The fourth-order valence-corrected chi connectivity index (χ4v) is 1.96. The number of aromatic nitrogens is 2. The number of fused-ring (bicyclic) bond motifs is 1. The van der Waals surface area contributed by atoms with Crippen LogP contribution in [0, 0.1) is 6.92 Å². The van der Waals surface area contributed by atoms with Gasteiger partial charge in [-0.05, 0) is 41.8 Å². The first-order valence-electron chi connectivity index (χ1n) is 5.33. The second-order valence-electron chi connectivity index (χ2n) is 4.02. The lowest BCUT2D eigenvalue weighted by Crippen LogP contribution is -2.25. The lowest BCUT2D eigenvalue weighted by atomic mass is 10.0. The number of alkyl halides is 2. The summed E-state index contributed by atoms with van der Waals surface area (Å²) in [6, 6.07) is 2.96. The highest BCUT2D eigenvalue weighted by Crippen LogP contribution is 2.44. The van der Waals surface area contributed by atoms with Gasteiger partial charge in [0.05, 0.1) is 0 Å². The quantitative estimate of drug-likeness (QED) is 0.753. The average molecular weight is 285 g/mol. The van der Waals surface area contributed by atoms with Crippen molar-refractivity contribution < 1.29 is 18.3 Å². The summed E-state index contributed by atoms with van der Waals surface area (Å²) >= 11 is 5.60. The number of nitrogens with zero attached hydrogens (tertiary/aromatic N) is 2. The third-order valence-electron chi connectivity index (χ3n) is 2.68. The minimum atomic E-state index is -3.62. The molecule has 0 saturated heterocycles. The standard InChI is InChI=1S/C12H7ClF2N2O2/c1-6-2-9-10(19-12(14,15)18-9)3-8(6)7-4-16-11(13)17-5-7/h2-5H,1H3. The van der Waals surface area contributed by atoms with Gasteiger partial charge in [0.25, 0.3) is 0 Å². The summed E-state index contributed by atoms with van der Waals surface area (Å²) in [5, 5.41) is 0.119. The van der Waals surface area contributed by atoms with Gasteiger partial charge in [0.15, 0.2) is 11.5 Å². The van der Waals surface area contributed by atoms with Crippen molar-refractivity contribution in [2.75, 3.05) is 0 Å². The number of hydrogen-bond donors (Lipinski definition) is 0. The van der Waals surface area contributed by atoms with Crippen molar-refractivity contribution in [3.05, 3.63) is 35.4 Å². The van der Waals surface area contributed by atoms with Crippen LogP contribution in [0.4, 0.5) is 8.78 Å². The van der Waals surface area contributed by atoms with E-state index in [-0.39, 0.29) is 16.8 Å². The summed E-state index contributed by atoms with van der Waals surface area (Å²) in [7, 11) is 0. The molecule has 0 aliphatic carbocycles. The Hall–Kier alpha value is -1.95. The fourth-order valence-electron chi connectivity index (χ4n) is 1.86. The van der Waals surface area contributed by atoms with Gasteiger partial charge in [-0.2, -0.15) is 0 Å². The van der Waals surface area contributed by atoms with Crippen molar-refractivity contribution in [2.45, 2.75) is 13.2 Å². The molecule has 2 aromatic rings. The van der Waals surface area contributed by atoms with Crippen molar-refractivity contribution in [1.29, 1.82) is 0 Å². The Labute approximate surface area is 112 Å². The second-order valence-corrected chi connectivity index (χ2v) is 4.36. The van der Waals surface area contributed by atoms with E-state index in [1.165, 1.54) is 24.5 Å². The van der Waals surface area contributed by atoms with E-state index < -0.39 is 6.29 Å². The highest BCUT2D eigenvalue weighted by atomic mass is 35.5. The lowest BCUT2D eigenvalue weighted by Gasteiger charge is -2.06. The molecule has 0 amide bonds. The van der Waals surface area contributed by atoms with Gasteiger partial charge >= 0.3 is 6.29 Å².